The van der Waals surface area contributed by atoms with E-state index in [2.05, 4.69) is 60.8 Å². The molecule has 2 aromatic rings. The Bertz CT molecular complexity index is 761. The molecule has 0 spiro atoms. The van der Waals surface area contributed by atoms with Crippen LogP contribution in [0.3, 0.4) is 0 Å². The van der Waals surface area contributed by atoms with Crippen LogP contribution in [0.2, 0.25) is 0 Å². The van der Waals surface area contributed by atoms with Crippen molar-refractivity contribution in [1.29, 1.82) is 5.26 Å². The van der Waals surface area contributed by atoms with E-state index in [4.69, 9.17) is 4.74 Å². The molecule has 0 fully saturated rings. The minimum Gasteiger partial charge on any atom is -0.492 e. The lowest BCUT2D eigenvalue weighted by atomic mass is 10.0. The molecule has 0 heterocycles. The standard InChI is InChI=1S/C18H14Br3NO/c1-2-7-23-18-13(9-16(20)10-17(18)21)8-14(11-22)12-3-5-15(19)6-4-12/h3-6,8-10H,2,7H2,1H3/b14-8+. The van der Waals surface area contributed by atoms with Crippen LogP contribution in [-0.4, -0.2) is 6.61 Å². The summed E-state index contributed by atoms with van der Waals surface area (Å²) in [5.74, 6) is 0.750. The van der Waals surface area contributed by atoms with Crippen LogP contribution >= 0.6 is 47.8 Å². The van der Waals surface area contributed by atoms with Crippen LogP contribution in [0.5, 0.6) is 5.75 Å². The predicted molar refractivity (Wildman–Crippen MR) is 105 cm³/mol. The lowest BCUT2D eigenvalue weighted by Crippen LogP contribution is -1.98. The molecule has 0 bridgehead atoms. The average molecular weight is 500 g/mol. The van der Waals surface area contributed by atoms with Gasteiger partial charge in [0.2, 0.25) is 0 Å². The van der Waals surface area contributed by atoms with E-state index in [-0.39, 0.29) is 0 Å². The number of nitriles is 1. The Balaban J connectivity index is 2.50. The lowest BCUT2D eigenvalue weighted by Gasteiger charge is -2.12. The third-order valence-corrected chi connectivity index (χ3v) is 4.64. The number of hydrogen-bond acceptors (Lipinski definition) is 2. The van der Waals surface area contributed by atoms with Gasteiger partial charge in [0.15, 0.2) is 0 Å². The van der Waals surface area contributed by atoms with Crippen molar-refractivity contribution in [3.63, 3.8) is 0 Å². The quantitative estimate of drug-likeness (QED) is 0.334. The second-order valence-corrected chi connectivity index (χ2v) is 7.52. The van der Waals surface area contributed by atoms with E-state index in [0.29, 0.717) is 12.2 Å². The molecule has 0 saturated carbocycles. The summed E-state index contributed by atoms with van der Waals surface area (Å²) < 4.78 is 8.61. The van der Waals surface area contributed by atoms with Crippen molar-refractivity contribution in [3.8, 4) is 11.8 Å². The molecule has 0 saturated heterocycles. The molecule has 5 heteroatoms. The molecule has 0 aromatic heterocycles. The molecular weight excluding hydrogens is 486 g/mol. The number of hydrogen-bond donors (Lipinski definition) is 0. The van der Waals surface area contributed by atoms with Gasteiger partial charge in [-0.05, 0) is 58.3 Å². The Morgan fingerprint density at radius 2 is 1.83 bits per heavy atom. The minimum atomic E-state index is 0.587. The zero-order valence-corrected chi connectivity index (χ0v) is 17.2. The summed E-state index contributed by atoms with van der Waals surface area (Å²) >= 11 is 10.4. The monoisotopic (exact) mass is 497 g/mol. The first-order chi connectivity index (χ1) is 11.0. The van der Waals surface area contributed by atoms with Gasteiger partial charge >= 0.3 is 0 Å². The van der Waals surface area contributed by atoms with Gasteiger partial charge < -0.3 is 4.74 Å². The maximum atomic E-state index is 9.52. The predicted octanol–water partition coefficient (Wildman–Crippen LogP) is 6.83. The highest BCUT2D eigenvalue weighted by atomic mass is 79.9. The average Bonchev–Trinajstić information content (AvgIpc) is 2.52. The van der Waals surface area contributed by atoms with E-state index < -0.39 is 0 Å². The SMILES string of the molecule is CCCOc1c(Br)cc(Br)cc1/C=C(\C#N)c1ccc(Br)cc1. The molecule has 0 N–H and O–H groups in total. The molecule has 2 nitrogen and oxygen atoms in total. The topological polar surface area (TPSA) is 33.0 Å². The van der Waals surface area contributed by atoms with Crippen molar-refractivity contribution < 1.29 is 4.74 Å². The maximum Gasteiger partial charge on any atom is 0.140 e. The van der Waals surface area contributed by atoms with Crippen molar-refractivity contribution >= 4 is 59.4 Å². The van der Waals surface area contributed by atoms with Gasteiger partial charge in [0.1, 0.15) is 5.75 Å². The molecule has 2 aromatic carbocycles. The summed E-state index contributed by atoms with van der Waals surface area (Å²) in [4.78, 5) is 0. The van der Waals surface area contributed by atoms with Crippen LogP contribution in [0.15, 0.2) is 49.8 Å². The first-order valence-electron chi connectivity index (χ1n) is 7.04. The first-order valence-corrected chi connectivity index (χ1v) is 9.42. The molecule has 0 amide bonds. The smallest absolute Gasteiger partial charge is 0.140 e. The van der Waals surface area contributed by atoms with Crippen molar-refractivity contribution in [3.05, 3.63) is 60.9 Å². The lowest BCUT2D eigenvalue weighted by molar-refractivity contribution is 0.315. The van der Waals surface area contributed by atoms with E-state index in [1.54, 1.807) is 0 Å². The third kappa shape index (κ3) is 4.94. The van der Waals surface area contributed by atoms with Crippen molar-refractivity contribution in [2.45, 2.75) is 13.3 Å². The van der Waals surface area contributed by atoms with Gasteiger partial charge in [-0.15, -0.1) is 0 Å². The van der Waals surface area contributed by atoms with Crippen LogP contribution in [0.25, 0.3) is 11.6 Å². The molecule has 0 atom stereocenters. The van der Waals surface area contributed by atoms with E-state index in [1.165, 1.54) is 0 Å². The first kappa shape index (κ1) is 18.3. The highest BCUT2D eigenvalue weighted by Gasteiger charge is 2.10. The van der Waals surface area contributed by atoms with E-state index in [1.807, 2.05) is 42.5 Å². The van der Waals surface area contributed by atoms with Crippen LogP contribution in [-0.2, 0) is 0 Å². The molecule has 0 aliphatic carbocycles. The number of ether oxygens (including phenoxy) is 1. The molecule has 23 heavy (non-hydrogen) atoms. The largest absolute Gasteiger partial charge is 0.492 e. The molecule has 0 aliphatic rings. The molecular formula is C18H14Br3NO. The fourth-order valence-corrected chi connectivity index (χ4v) is 3.65. The van der Waals surface area contributed by atoms with Gasteiger partial charge in [-0.3, -0.25) is 0 Å². The zero-order chi connectivity index (χ0) is 16.8. The van der Waals surface area contributed by atoms with E-state index in [0.717, 1.165) is 36.7 Å². The summed E-state index contributed by atoms with van der Waals surface area (Å²) in [5, 5.41) is 9.52. The van der Waals surface area contributed by atoms with Crippen molar-refractivity contribution in [2.75, 3.05) is 6.61 Å². The summed E-state index contributed by atoms with van der Waals surface area (Å²) in [7, 11) is 0. The zero-order valence-electron chi connectivity index (χ0n) is 12.4. The van der Waals surface area contributed by atoms with E-state index in [9.17, 15) is 5.26 Å². The van der Waals surface area contributed by atoms with Gasteiger partial charge in [0.25, 0.3) is 0 Å². The van der Waals surface area contributed by atoms with Crippen molar-refractivity contribution in [1.82, 2.24) is 0 Å². The number of halogens is 3. The van der Waals surface area contributed by atoms with Crippen LogP contribution in [0, 0.1) is 11.3 Å². The third-order valence-electron chi connectivity index (χ3n) is 3.06. The van der Waals surface area contributed by atoms with Crippen LogP contribution in [0.1, 0.15) is 24.5 Å². The number of allylic oxidation sites excluding steroid dienone is 1. The Morgan fingerprint density at radius 3 is 2.43 bits per heavy atom. The summed E-state index contributed by atoms with van der Waals surface area (Å²) in [6, 6.07) is 13.8. The van der Waals surface area contributed by atoms with Crippen LogP contribution in [0.4, 0.5) is 0 Å². The van der Waals surface area contributed by atoms with Gasteiger partial charge in [0.05, 0.1) is 22.7 Å². The molecule has 118 valence electrons. The molecule has 0 aliphatic heterocycles. The van der Waals surface area contributed by atoms with Gasteiger partial charge in [-0.1, -0.05) is 50.9 Å². The Hall–Kier alpha value is -1.09. The fourth-order valence-electron chi connectivity index (χ4n) is 2.01. The second kappa shape index (κ2) is 8.68. The van der Waals surface area contributed by atoms with Gasteiger partial charge in [-0.25, -0.2) is 0 Å². The maximum absolute atomic E-state index is 9.52. The van der Waals surface area contributed by atoms with Crippen molar-refractivity contribution in [2.24, 2.45) is 0 Å². The number of rotatable bonds is 5. The summed E-state index contributed by atoms with van der Waals surface area (Å²) in [6.07, 6.45) is 2.77. The van der Waals surface area contributed by atoms with Crippen LogP contribution < -0.4 is 4.74 Å². The second-order valence-electron chi connectivity index (χ2n) is 4.83. The molecule has 0 radical (unpaired) electrons. The normalized spacial score (nSPS) is 11.2. The highest BCUT2D eigenvalue weighted by molar-refractivity contribution is 9.11. The Labute approximate surface area is 161 Å². The Kier molecular flexibility index (Phi) is 6.88. The fraction of sp³-hybridized carbons (Fsp3) is 0.167. The van der Waals surface area contributed by atoms with Gasteiger partial charge in [0, 0.05) is 14.5 Å². The highest BCUT2D eigenvalue weighted by Crippen LogP contribution is 2.35. The number of benzene rings is 2. The number of nitrogens with zero attached hydrogens (tertiary/aromatic N) is 1. The summed E-state index contributed by atoms with van der Waals surface area (Å²) in [5.41, 5.74) is 2.32. The Morgan fingerprint density at radius 1 is 1.13 bits per heavy atom. The summed E-state index contributed by atoms with van der Waals surface area (Å²) in [6.45, 7) is 2.69. The molecule has 0 unspecified atom stereocenters. The van der Waals surface area contributed by atoms with Gasteiger partial charge in [-0.2, -0.15) is 5.26 Å². The minimum absolute atomic E-state index is 0.587. The van der Waals surface area contributed by atoms with E-state index >= 15 is 0 Å². The molecule has 2 rings (SSSR count).